The van der Waals surface area contributed by atoms with E-state index in [4.69, 9.17) is 16.9 Å². The smallest absolute Gasteiger partial charge is 0.263 e. The van der Waals surface area contributed by atoms with Crippen LogP contribution < -0.4 is 5.32 Å². The molecule has 2 aromatic rings. The molecule has 102 valence electrons. The molecule has 0 aliphatic carbocycles. The van der Waals surface area contributed by atoms with E-state index < -0.39 is 6.43 Å². The van der Waals surface area contributed by atoms with Gasteiger partial charge in [-0.1, -0.05) is 29.8 Å². The quantitative estimate of drug-likeness (QED) is 0.882. The molecule has 2 rings (SSSR count). The second-order valence-corrected chi connectivity index (χ2v) is 4.64. The summed E-state index contributed by atoms with van der Waals surface area (Å²) < 4.78 is 25.2. The highest BCUT2D eigenvalue weighted by molar-refractivity contribution is 6.30. The summed E-state index contributed by atoms with van der Waals surface area (Å²) in [5.41, 5.74) is 1.74. The third-order valence-electron chi connectivity index (χ3n) is 2.79. The van der Waals surface area contributed by atoms with Crippen LogP contribution in [0.3, 0.4) is 0 Å². The van der Waals surface area contributed by atoms with Crippen molar-refractivity contribution in [3.8, 4) is 6.07 Å². The van der Waals surface area contributed by atoms with Gasteiger partial charge in [0.15, 0.2) is 0 Å². The van der Waals surface area contributed by atoms with Crippen molar-refractivity contribution in [2.24, 2.45) is 0 Å². The largest absolute Gasteiger partial charge is 0.380 e. The van der Waals surface area contributed by atoms with E-state index >= 15 is 0 Å². The molecule has 0 heterocycles. The summed E-state index contributed by atoms with van der Waals surface area (Å²) in [5, 5.41) is 12.5. The maximum atomic E-state index is 12.6. The maximum Gasteiger partial charge on any atom is 0.263 e. The second-order valence-electron chi connectivity index (χ2n) is 4.20. The van der Waals surface area contributed by atoms with Crippen molar-refractivity contribution >= 4 is 17.3 Å². The van der Waals surface area contributed by atoms with E-state index in [9.17, 15) is 8.78 Å². The molecular weight excluding hydrogens is 282 g/mol. The fourth-order valence-electron chi connectivity index (χ4n) is 1.80. The van der Waals surface area contributed by atoms with E-state index in [2.05, 4.69) is 5.32 Å². The zero-order valence-electron chi connectivity index (χ0n) is 10.4. The van der Waals surface area contributed by atoms with E-state index in [1.54, 1.807) is 30.3 Å². The number of benzene rings is 2. The molecule has 20 heavy (non-hydrogen) atoms. The van der Waals surface area contributed by atoms with E-state index in [1.165, 1.54) is 12.1 Å². The van der Waals surface area contributed by atoms with Crippen molar-refractivity contribution in [3.63, 3.8) is 0 Å². The minimum Gasteiger partial charge on any atom is -0.380 e. The van der Waals surface area contributed by atoms with Gasteiger partial charge in [-0.3, -0.25) is 0 Å². The Kier molecular flexibility index (Phi) is 4.54. The summed E-state index contributed by atoms with van der Waals surface area (Å²) in [6.45, 7) is 0.343. The van der Waals surface area contributed by atoms with Gasteiger partial charge in [-0.05, 0) is 29.8 Å². The van der Waals surface area contributed by atoms with Crippen LogP contribution in [-0.2, 0) is 6.54 Å². The summed E-state index contributed by atoms with van der Waals surface area (Å²) >= 11 is 5.87. The normalized spacial score (nSPS) is 10.3. The van der Waals surface area contributed by atoms with Crippen LogP contribution in [0.4, 0.5) is 14.5 Å². The fourth-order valence-corrected chi connectivity index (χ4v) is 1.97. The van der Waals surface area contributed by atoms with Crippen LogP contribution in [0.1, 0.15) is 23.1 Å². The van der Waals surface area contributed by atoms with Crippen molar-refractivity contribution in [3.05, 3.63) is 64.2 Å². The van der Waals surface area contributed by atoms with Gasteiger partial charge in [-0.2, -0.15) is 5.26 Å². The lowest BCUT2D eigenvalue weighted by atomic mass is 10.1. The highest BCUT2D eigenvalue weighted by Gasteiger charge is 2.07. The molecule has 0 atom stereocenters. The first-order valence-corrected chi connectivity index (χ1v) is 6.28. The van der Waals surface area contributed by atoms with Crippen LogP contribution in [0.15, 0.2) is 42.5 Å². The SMILES string of the molecule is N#Cc1ccc(Cl)cc1NCc1cccc(C(F)F)c1. The topological polar surface area (TPSA) is 35.8 Å². The predicted octanol–water partition coefficient (Wildman–Crippen LogP) is 4.76. The lowest BCUT2D eigenvalue weighted by molar-refractivity contribution is 0.151. The molecule has 0 saturated carbocycles. The Balaban J connectivity index is 2.15. The number of halogens is 3. The predicted molar refractivity (Wildman–Crippen MR) is 74.9 cm³/mol. The number of nitriles is 1. The fraction of sp³-hybridized carbons (Fsp3) is 0.133. The zero-order valence-corrected chi connectivity index (χ0v) is 11.2. The molecule has 0 aliphatic rings. The van der Waals surface area contributed by atoms with Crippen molar-refractivity contribution < 1.29 is 8.78 Å². The highest BCUT2D eigenvalue weighted by atomic mass is 35.5. The zero-order chi connectivity index (χ0) is 14.5. The number of alkyl halides is 2. The number of hydrogen-bond donors (Lipinski definition) is 1. The molecule has 0 amide bonds. The third kappa shape index (κ3) is 3.46. The van der Waals surface area contributed by atoms with Crippen molar-refractivity contribution in [2.75, 3.05) is 5.32 Å². The molecule has 0 unspecified atom stereocenters. The van der Waals surface area contributed by atoms with Gasteiger partial charge in [-0.25, -0.2) is 8.78 Å². The third-order valence-corrected chi connectivity index (χ3v) is 3.02. The van der Waals surface area contributed by atoms with Gasteiger partial charge in [0.1, 0.15) is 6.07 Å². The summed E-state index contributed by atoms with van der Waals surface area (Å²) in [6, 6.07) is 13.1. The van der Waals surface area contributed by atoms with Gasteiger partial charge in [0.2, 0.25) is 0 Å². The molecular formula is C15H11ClF2N2. The minimum atomic E-state index is -2.49. The first-order valence-electron chi connectivity index (χ1n) is 5.90. The number of anilines is 1. The lowest BCUT2D eigenvalue weighted by Gasteiger charge is -2.10. The first kappa shape index (κ1) is 14.3. The van der Waals surface area contributed by atoms with Gasteiger partial charge < -0.3 is 5.32 Å². The molecule has 0 saturated heterocycles. The van der Waals surface area contributed by atoms with Crippen LogP contribution in [0.25, 0.3) is 0 Å². The molecule has 0 aromatic heterocycles. The second kappa shape index (κ2) is 6.36. The average molecular weight is 293 g/mol. The molecule has 0 spiro atoms. The summed E-state index contributed by atoms with van der Waals surface area (Å²) in [7, 11) is 0. The Labute approximate surface area is 120 Å². The van der Waals surface area contributed by atoms with Crippen molar-refractivity contribution in [2.45, 2.75) is 13.0 Å². The Bertz CT molecular complexity index is 651. The molecule has 0 radical (unpaired) electrons. The molecule has 0 fully saturated rings. The Morgan fingerprint density at radius 1 is 1.20 bits per heavy atom. The van der Waals surface area contributed by atoms with Crippen LogP contribution in [0, 0.1) is 11.3 Å². The average Bonchev–Trinajstić information content (AvgIpc) is 2.45. The summed E-state index contributed by atoms with van der Waals surface area (Å²) in [5.74, 6) is 0. The van der Waals surface area contributed by atoms with Gasteiger partial charge in [0.25, 0.3) is 6.43 Å². The standard InChI is InChI=1S/C15H11ClF2N2/c16-13-5-4-12(8-19)14(7-13)20-9-10-2-1-3-11(6-10)15(17)18/h1-7,15,20H,9H2. The molecule has 0 aliphatic heterocycles. The Hall–Kier alpha value is -2.12. The van der Waals surface area contributed by atoms with E-state index in [-0.39, 0.29) is 5.56 Å². The first-order chi connectivity index (χ1) is 9.60. The van der Waals surface area contributed by atoms with Crippen molar-refractivity contribution in [1.82, 2.24) is 0 Å². The van der Waals surface area contributed by atoms with Crippen LogP contribution in [-0.4, -0.2) is 0 Å². The van der Waals surface area contributed by atoms with E-state index in [0.717, 1.165) is 0 Å². The maximum absolute atomic E-state index is 12.6. The molecule has 0 bridgehead atoms. The number of rotatable bonds is 4. The molecule has 2 aromatic carbocycles. The molecule has 5 heteroatoms. The molecule has 2 nitrogen and oxygen atoms in total. The van der Waals surface area contributed by atoms with Gasteiger partial charge in [0, 0.05) is 17.1 Å². The molecule has 1 N–H and O–H groups in total. The monoisotopic (exact) mass is 292 g/mol. The Morgan fingerprint density at radius 2 is 2.00 bits per heavy atom. The van der Waals surface area contributed by atoms with Gasteiger partial charge in [-0.15, -0.1) is 0 Å². The number of nitrogens with one attached hydrogen (secondary N) is 1. The van der Waals surface area contributed by atoms with Crippen LogP contribution in [0.5, 0.6) is 0 Å². The minimum absolute atomic E-state index is 0.0177. The van der Waals surface area contributed by atoms with Gasteiger partial charge in [0.05, 0.1) is 11.3 Å². The van der Waals surface area contributed by atoms with Crippen LogP contribution >= 0.6 is 11.6 Å². The number of nitrogens with zero attached hydrogens (tertiary/aromatic N) is 1. The van der Waals surface area contributed by atoms with Crippen molar-refractivity contribution in [1.29, 1.82) is 5.26 Å². The van der Waals surface area contributed by atoms with Crippen LogP contribution in [0.2, 0.25) is 5.02 Å². The Morgan fingerprint density at radius 3 is 2.70 bits per heavy atom. The summed E-state index contributed by atoms with van der Waals surface area (Å²) in [6.07, 6.45) is -2.49. The number of hydrogen-bond acceptors (Lipinski definition) is 2. The highest BCUT2D eigenvalue weighted by Crippen LogP contribution is 2.23. The summed E-state index contributed by atoms with van der Waals surface area (Å²) in [4.78, 5) is 0. The lowest BCUT2D eigenvalue weighted by Crippen LogP contribution is -2.02. The van der Waals surface area contributed by atoms with Gasteiger partial charge >= 0.3 is 0 Å². The van der Waals surface area contributed by atoms with E-state index in [0.29, 0.717) is 28.4 Å². The van der Waals surface area contributed by atoms with E-state index in [1.807, 2.05) is 6.07 Å².